The van der Waals surface area contributed by atoms with Crippen molar-refractivity contribution < 1.29 is 4.74 Å². The summed E-state index contributed by atoms with van der Waals surface area (Å²) in [4.78, 5) is 0.0624. The van der Waals surface area contributed by atoms with Crippen molar-refractivity contribution in [3.63, 3.8) is 0 Å². The topological polar surface area (TPSA) is 9.23 Å². The van der Waals surface area contributed by atoms with Crippen molar-refractivity contribution in [2.75, 3.05) is 7.11 Å². The maximum atomic E-state index is 6.20. The summed E-state index contributed by atoms with van der Waals surface area (Å²) in [7, 11) is 1.65. The number of hydrogen-bond acceptors (Lipinski definition) is 1. The van der Waals surface area contributed by atoms with Crippen LogP contribution < -0.4 is 4.74 Å². The van der Waals surface area contributed by atoms with Crippen LogP contribution in [-0.4, -0.2) is 7.11 Å². The molecule has 0 heterocycles. The fourth-order valence-electron chi connectivity index (χ4n) is 2.00. The minimum atomic E-state index is 0.0624. The minimum absolute atomic E-state index is 0.0624. The molecule has 0 bridgehead atoms. The Morgan fingerprint density at radius 2 is 1.90 bits per heavy atom. The lowest BCUT2D eigenvalue weighted by Gasteiger charge is -2.17. The van der Waals surface area contributed by atoms with Crippen LogP contribution in [0.1, 0.15) is 16.0 Å². The van der Waals surface area contributed by atoms with Crippen LogP contribution in [0.3, 0.4) is 0 Å². The number of halogens is 4. The summed E-state index contributed by atoms with van der Waals surface area (Å²) in [6, 6.07) is 11.5. The number of methoxy groups -OCH3 is 1. The Kier molecular flexibility index (Phi) is 5.79. The molecule has 0 aliphatic rings. The monoisotopic (exact) mass is 436 g/mol. The van der Waals surface area contributed by atoms with Gasteiger partial charge in [-0.25, -0.2) is 0 Å². The molecule has 0 amide bonds. The first-order chi connectivity index (χ1) is 9.52. The van der Waals surface area contributed by atoms with Gasteiger partial charge in [-0.3, -0.25) is 0 Å². The lowest BCUT2D eigenvalue weighted by molar-refractivity contribution is 0.407. The van der Waals surface area contributed by atoms with Crippen LogP contribution in [0.2, 0.25) is 10.0 Å². The van der Waals surface area contributed by atoms with E-state index < -0.39 is 0 Å². The maximum absolute atomic E-state index is 6.20. The summed E-state index contributed by atoms with van der Waals surface area (Å²) in [6.07, 6.45) is 0.753. The molecule has 0 saturated carbocycles. The SMILES string of the molecule is COc1c(Br)cc(Cl)cc1C(Br)Cc1ccccc1Cl. The van der Waals surface area contributed by atoms with Crippen molar-refractivity contribution in [2.24, 2.45) is 0 Å². The summed E-state index contributed by atoms with van der Waals surface area (Å²) < 4.78 is 6.29. The summed E-state index contributed by atoms with van der Waals surface area (Å²) >= 11 is 19.5. The van der Waals surface area contributed by atoms with Crippen molar-refractivity contribution in [2.45, 2.75) is 11.2 Å². The molecule has 2 aromatic rings. The molecule has 0 aliphatic carbocycles. The first-order valence-electron chi connectivity index (χ1n) is 5.93. The fraction of sp³-hybridized carbons (Fsp3) is 0.200. The molecule has 1 unspecified atom stereocenters. The molecule has 0 radical (unpaired) electrons. The average molecular weight is 439 g/mol. The average Bonchev–Trinajstić information content (AvgIpc) is 2.40. The van der Waals surface area contributed by atoms with E-state index in [2.05, 4.69) is 31.9 Å². The molecule has 1 atom stereocenters. The lowest BCUT2D eigenvalue weighted by Crippen LogP contribution is -2.00. The van der Waals surface area contributed by atoms with Crippen LogP contribution in [0.5, 0.6) is 5.75 Å². The number of hydrogen-bond donors (Lipinski definition) is 0. The Hall–Kier alpha value is -0.220. The van der Waals surface area contributed by atoms with Gasteiger partial charge >= 0.3 is 0 Å². The highest BCUT2D eigenvalue weighted by Crippen LogP contribution is 2.41. The van der Waals surface area contributed by atoms with Crippen LogP contribution in [0.25, 0.3) is 0 Å². The Balaban J connectivity index is 2.34. The van der Waals surface area contributed by atoms with Crippen LogP contribution in [0.4, 0.5) is 0 Å². The van der Waals surface area contributed by atoms with Gasteiger partial charge in [-0.05, 0) is 46.1 Å². The lowest BCUT2D eigenvalue weighted by atomic mass is 10.0. The number of benzene rings is 2. The van der Waals surface area contributed by atoms with E-state index in [0.29, 0.717) is 5.02 Å². The highest BCUT2D eigenvalue weighted by Gasteiger charge is 2.18. The first-order valence-corrected chi connectivity index (χ1v) is 8.39. The molecule has 106 valence electrons. The van der Waals surface area contributed by atoms with E-state index in [1.165, 1.54) is 0 Å². The molecule has 0 N–H and O–H groups in total. The Bertz CT molecular complexity index is 617. The van der Waals surface area contributed by atoms with Crippen LogP contribution in [0.15, 0.2) is 40.9 Å². The van der Waals surface area contributed by atoms with Crippen molar-refractivity contribution >= 4 is 55.1 Å². The normalized spacial score (nSPS) is 12.2. The van der Waals surface area contributed by atoms with Gasteiger partial charge in [-0.15, -0.1) is 0 Å². The van der Waals surface area contributed by atoms with Crippen LogP contribution in [-0.2, 0) is 6.42 Å². The van der Waals surface area contributed by atoms with E-state index in [1.807, 2.05) is 36.4 Å². The van der Waals surface area contributed by atoms with Gasteiger partial charge in [0.2, 0.25) is 0 Å². The van der Waals surface area contributed by atoms with E-state index in [0.717, 1.165) is 32.8 Å². The van der Waals surface area contributed by atoms with Crippen molar-refractivity contribution in [3.8, 4) is 5.75 Å². The Labute approximate surface area is 145 Å². The van der Waals surface area contributed by atoms with E-state index in [9.17, 15) is 0 Å². The van der Waals surface area contributed by atoms with Crippen molar-refractivity contribution in [1.82, 2.24) is 0 Å². The number of ether oxygens (including phenoxy) is 1. The second-order valence-corrected chi connectivity index (χ2v) is 7.08. The molecule has 0 aromatic heterocycles. The zero-order valence-electron chi connectivity index (χ0n) is 10.7. The predicted octanol–water partition coefficient (Wildman–Crippen LogP) is 6.44. The third-order valence-corrected chi connectivity index (χ3v) is 4.93. The predicted molar refractivity (Wildman–Crippen MR) is 92.5 cm³/mol. The van der Waals surface area contributed by atoms with Crippen molar-refractivity contribution in [3.05, 3.63) is 62.0 Å². The van der Waals surface area contributed by atoms with E-state index in [4.69, 9.17) is 27.9 Å². The molecule has 0 spiro atoms. The van der Waals surface area contributed by atoms with E-state index in [1.54, 1.807) is 7.11 Å². The van der Waals surface area contributed by atoms with Gasteiger partial charge in [0.25, 0.3) is 0 Å². The zero-order valence-corrected chi connectivity index (χ0v) is 15.4. The molecule has 20 heavy (non-hydrogen) atoms. The van der Waals surface area contributed by atoms with Gasteiger partial charge in [0.15, 0.2) is 0 Å². The highest BCUT2D eigenvalue weighted by atomic mass is 79.9. The van der Waals surface area contributed by atoms with Gasteiger partial charge in [0.1, 0.15) is 5.75 Å². The molecule has 2 rings (SSSR count). The minimum Gasteiger partial charge on any atom is -0.495 e. The second kappa shape index (κ2) is 7.17. The largest absolute Gasteiger partial charge is 0.495 e. The third kappa shape index (κ3) is 3.70. The quantitative estimate of drug-likeness (QED) is 0.499. The van der Waals surface area contributed by atoms with Gasteiger partial charge in [0.05, 0.1) is 11.6 Å². The van der Waals surface area contributed by atoms with Crippen molar-refractivity contribution in [1.29, 1.82) is 0 Å². The molecule has 0 aliphatic heterocycles. The zero-order chi connectivity index (χ0) is 14.7. The standard InChI is InChI=1S/C15H12Br2Cl2O/c1-20-15-11(7-10(18)8-13(15)17)12(16)6-9-4-2-3-5-14(9)19/h2-5,7-8,12H,6H2,1H3. The molecule has 5 heteroatoms. The second-order valence-electron chi connectivity index (χ2n) is 4.27. The summed E-state index contributed by atoms with van der Waals surface area (Å²) in [6.45, 7) is 0. The smallest absolute Gasteiger partial charge is 0.137 e. The van der Waals surface area contributed by atoms with Gasteiger partial charge in [0, 0.05) is 20.4 Å². The van der Waals surface area contributed by atoms with Gasteiger partial charge in [-0.1, -0.05) is 57.3 Å². The highest BCUT2D eigenvalue weighted by molar-refractivity contribution is 9.10. The van der Waals surface area contributed by atoms with Crippen LogP contribution in [0, 0.1) is 0 Å². The molecule has 0 fully saturated rings. The van der Waals surface area contributed by atoms with Gasteiger partial charge < -0.3 is 4.74 Å². The molecule has 1 nitrogen and oxygen atoms in total. The first kappa shape index (κ1) is 16.2. The maximum Gasteiger partial charge on any atom is 0.137 e. The molecule has 0 saturated heterocycles. The fourth-order valence-corrected chi connectivity index (χ4v) is 3.89. The van der Waals surface area contributed by atoms with E-state index >= 15 is 0 Å². The molecular formula is C15H12Br2Cl2O. The van der Waals surface area contributed by atoms with Gasteiger partial charge in [-0.2, -0.15) is 0 Å². The Morgan fingerprint density at radius 1 is 1.20 bits per heavy atom. The molecule has 2 aromatic carbocycles. The summed E-state index contributed by atoms with van der Waals surface area (Å²) in [5, 5.41) is 1.42. The van der Waals surface area contributed by atoms with E-state index in [-0.39, 0.29) is 4.83 Å². The number of rotatable bonds is 4. The molecular weight excluding hydrogens is 427 g/mol. The summed E-state index contributed by atoms with van der Waals surface area (Å²) in [5.41, 5.74) is 2.07. The summed E-state index contributed by atoms with van der Waals surface area (Å²) in [5.74, 6) is 0.781. The third-order valence-electron chi connectivity index (χ3n) is 2.94. The number of alkyl halides is 1. The van der Waals surface area contributed by atoms with Crippen LogP contribution >= 0.6 is 55.1 Å². The Morgan fingerprint density at radius 3 is 2.55 bits per heavy atom.